The van der Waals surface area contributed by atoms with Crippen LogP contribution >= 0.6 is 0 Å². The molecular formula is C11H18N2O2S. The van der Waals surface area contributed by atoms with Gasteiger partial charge >= 0.3 is 0 Å². The number of aryl methyl sites for hydroxylation is 1. The quantitative estimate of drug-likeness (QED) is 0.832. The molecule has 0 heterocycles. The normalized spacial score (nSPS) is 12.0. The molecule has 0 aliphatic heterocycles. The van der Waals surface area contributed by atoms with Crippen LogP contribution in [-0.4, -0.2) is 39.9 Å². The van der Waals surface area contributed by atoms with E-state index in [1.54, 1.807) is 32.3 Å². The van der Waals surface area contributed by atoms with Crippen LogP contribution in [0.15, 0.2) is 29.2 Å². The van der Waals surface area contributed by atoms with Gasteiger partial charge in [-0.15, -0.1) is 0 Å². The first-order chi connectivity index (χ1) is 7.48. The van der Waals surface area contributed by atoms with Crippen LogP contribution in [0.5, 0.6) is 0 Å². The molecule has 0 amide bonds. The van der Waals surface area contributed by atoms with Crippen LogP contribution in [0.4, 0.5) is 0 Å². The Hall–Kier alpha value is -0.910. The first-order valence-electron chi connectivity index (χ1n) is 5.16. The summed E-state index contributed by atoms with van der Waals surface area (Å²) in [7, 11) is 0.0506. The maximum absolute atomic E-state index is 12.1. The lowest BCUT2D eigenvalue weighted by Crippen LogP contribution is -2.32. The van der Waals surface area contributed by atoms with E-state index in [2.05, 4.69) is 5.32 Å². The number of benzene rings is 1. The van der Waals surface area contributed by atoms with Crippen LogP contribution < -0.4 is 5.32 Å². The van der Waals surface area contributed by atoms with Crippen molar-refractivity contribution >= 4 is 10.0 Å². The Balaban J connectivity index is 2.93. The SMILES string of the molecule is CNCCN(C)S(=O)(=O)c1cccc(C)c1. The van der Waals surface area contributed by atoms with E-state index in [-0.39, 0.29) is 0 Å². The zero-order chi connectivity index (χ0) is 12.2. The molecule has 1 rings (SSSR count). The van der Waals surface area contributed by atoms with Crippen molar-refractivity contribution in [1.82, 2.24) is 9.62 Å². The maximum Gasteiger partial charge on any atom is 0.242 e. The minimum atomic E-state index is -3.34. The van der Waals surface area contributed by atoms with Gasteiger partial charge in [0, 0.05) is 20.1 Å². The van der Waals surface area contributed by atoms with Gasteiger partial charge in [-0.2, -0.15) is 4.31 Å². The van der Waals surface area contributed by atoms with Gasteiger partial charge in [0.15, 0.2) is 0 Å². The number of nitrogens with one attached hydrogen (secondary N) is 1. The number of sulfonamides is 1. The average molecular weight is 242 g/mol. The van der Waals surface area contributed by atoms with Gasteiger partial charge in [0.1, 0.15) is 0 Å². The summed E-state index contributed by atoms with van der Waals surface area (Å²) in [5.41, 5.74) is 0.947. The van der Waals surface area contributed by atoms with Crippen LogP contribution in [0.3, 0.4) is 0 Å². The van der Waals surface area contributed by atoms with Crippen molar-refractivity contribution in [3.63, 3.8) is 0 Å². The highest BCUT2D eigenvalue weighted by atomic mass is 32.2. The van der Waals surface area contributed by atoms with Gasteiger partial charge in [-0.1, -0.05) is 12.1 Å². The number of hydrogen-bond donors (Lipinski definition) is 1. The van der Waals surface area contributed by atoms with Crippen molar-refractivity contribution in [1.29, 1.82) is 0 Å². The zero-order valence-electron chi connectivity index (χ0n) is 9.90. The summed E-state index contributed by atoms with van der Waals surface area (Å²) in [6.45, 7) is 2.99. The van der Waals surface area contributed by atoms with E-state index < -0.39 is 10.0 Å². The fourth-order valence-electron chi connectivity index (χ4n) is 1.35. The van der Waals surface area contributed by atoms with Gasteiger partial charge in [0.2, 0.25) is 10.0 Å². The monoisotopic (exact) mass is 242 g/mol. The maximum atomic E-state index is 12.1. The summed E-state index contributed by atoms with van der Waals surface area (Å²) in [5.74, 6) is 0. The van der Waals surface area contributed by atoms with Crippen molar-refractivity contribution in [2.75, 3.05) is 27.2 Å². The molecule has 0 aromatic heterocycles. The highest BCUT2D eigenvalue weighted by Crippen LogP contribution is 2.14. The average Bonchev–Trinajstić information content (AvgIpc) is 2.25. The predicted molar refractivity (Wildman–Crippen MR) is 64.9 cm³/mol. The summed E-state index contributed by atoms with van der Waals surface area (Å²) in [4.78, 5) is 0.353. The number of rotatable bonds is 5. The minimum Gasteiger partial charge on any atom is -0.318 e. The third-order valence-corrected chi connectivity index (χ3v) is 4.23. The molecular weight excluding hydrogens is 224 g/mol. The van der Waals surface area contributed by atoms with Crippen molar-refractivity contribution in [3.8, 4) is 0 Å². The Kier molecular flexibility index (Phi) is 4.46. The molecule has 0 bridgehead atoms. The Morgan fingerprint density at radius 2 is 2.06 bits per heavy atom. The fourth-order valence-corrected chi connectivity index (χ4v) is 2.62. The summed E-state index contributed by atoms with van der Waals surface area (Å²) < 4.78 is 25.5. The van der Waals surface area contributed by atoms with Crippen LogP contribution in [0.25, 0.3) is 0 Å². The lowest BCUT2D eigenvalue weighted by atomic mass is 10.2. The predicted octanol–water partition coefficient (Wildman–Crippen LogP) is 0.835. The van der Waals surface area contributed by atoms with Crippen LogP contribution in [0.2, 0.25) is 0 Å². The number of nitrogens with zero attached hydrogens (tertiary/aromatic N) is 1. The topological polar surface area (TPSA) is 49.4 Å². The van der Waals surface area contributed by atoms with Gasteiger partial charge < -0.3 is 5.32 Å². The van der Waals surface area contributed by atoms with Crippen molar-refractivity contribution in [2.45, 2.75) is 11.8 Å². The van der Waals surface area contributed by atoms with Gasteiger partial charge in [0.05, 0.1) is 4.90 Å². The van der Waals surface area contributed by atoms with E-state index in [9.17, 15) is 8.42 Å². The Morgan fingerprint density at radius 3 is 2.62 bits per heavy atom. The van der Waals surface area contributed by atoms with Gasteiger partial charge in [-0.05, 0) is 31.7 Å². The standard InChI is InChI=1S/C11H18N2O2S/c1-10-5-4-6-11(9-10)16(14,15)13(3)8-7-12-2/h4-6,9,12H,7-8H2,1-3H3. The summed E-state index contributed by atoms with van der Waals surface area (Å²) in [5, 5.41) is 2.93. The van der Waals surface area contributed by atoms with Crippen LogP contribution in [0.1, 0.15) is 5.56 Å². The lowest BCUT2D eigenvalue weighted by Gasteiger charge is -2.17. The molecule has 0 saturated carbocycles. The van der Waals surface area contributed by atoms with E-state index in [4.69, 9.17) is 0 Å². The molecule has 0 saturated heterocycles. The fraction of sp³-hybridized carbons (Fsp3) is 0.455. The van der Waals surface area contributed by atoms with Crippen LogP contribution in [-0.2, 0) is 10.0 Å². The molecule has 1 N–H and O–H groups in total. The van der Waals surface area contributed by atoms with E-state index in [1.807, 2.05) is 13.0 Å². The smallest absolute Gasteiger partial charge is 0.242 e. The molecule has 0 unspecified atom stereocenters. The second kappa shape index (κ2) is 5.43. The molecule has 4 nitrogen and oxygen atoms in total. The van der Waals surface area contributed by atoms with Gasteiger partial charge in [-0.3, -0.25) is 0 Å². The Bertz CT molecular complexity index is 443. The molecule has 0 radical (unpaired) electrons. The summed E-state index contributed by atoms with van der Waals surface area (Å²) >= 11 is 0. The molecule has 1 aromatic carbocycles. The van der Waals surface area contributed by atoms with Gasteiger partial charge in [-0.25, -0.2) is 8.42 Å². The largest absolute Gasteiger partial charge is 0.318 e. The third-order valence-electron chi connectivity index (χ3n) is 2.37. The summed E-state index contributed by atoms with van der Waals surface area (Å²) in [6.07, 6.45) is 0. The highest BCUT2D eigenvalue weighted by Gasteiger charge is 2.19. The molecule has 0 spiro atoms. The van der Waals surface area contributed by atoms with Gasteiger partial charge in [0.25, 0.3) is 0 Å². The molecule has 90 valence electrons. The molecule has 1 aromatic rings. The van der Waals surface area contributed by atoms with Crippen molar-refractivity contribution in [3.05, 3.63) is 29.8 Å². The minimum absolute atomic E-state index is 0.353. The number of likely N-dealkylation sites (N-methyl/N-ethyl adjacent to an activating group) is 2. The second-order valence-electron chi connectivity index (χ2n) is 3.75. The molecule has 16 heavy (non-hydrogen) atoms. The number of hydrogen-bond acceptors (Lipinski definition) is 3. The van der Waals surface area contributed by atoms with Crippen molar-refractivity contribution < 1.29 is 8.42 Å². The third kappa shape index (κ3) is 3.04. The molecule has 0 fully saturated rings. The molecule has 0 atom stereocenters. The Labute approximate surface area is 97.3 Å². The molecule has 0 aliphatic carbocycles. The van der Waals surface area contributed by atoms with E-state index >= 15 is 0 Å². The molecule has 0 aliphatic rings. The van der Waals surface area contributed by atoms with Crippen LogP contribution in [0, 0.1) is 6.92 Å². The summed E-state index contributed by atoms with van der Waals surface area (Å²) in [6, 6.07) is 6.95. The first kappa shape index (κ1) is 13.2. The highest BCUT2D eigenvalue weighted by molar-refractivity contribution is 7.89. The molecule has 5 heteroatoms. The van der Waals surface area contributed by atoms with E-state index in [1.165, 1.54) is 4.31 Å². The lowest BCUT2D eigenvalue weighted by molar-refractivity contribution is 0.466. The zero-order valence-corrected chi connectivity index (χ0v) is 10.7. The van der Waals surface area contributed by atoms with E-state index in [0.717, 1.165) is 5.56 Å². The van der Waals surface area contributed by atoms with E-state index in [0.29, 0.717) is 18.0 Å². The second-order valence-corrected chi connectivity index (χ2v) is 5.79. The Morgan fingerprint density at radius 1 is 1.38 bits per heavy atom. The van der Waals surface area contributed by atoms with Crippen molar-refractivity contribution in [2.24, 2.45) is 0 Å². The first-order valence-corrected chi connectivity index (χ1v) is 6.60.